The van der Waals surface area contributed by atoms with Gasteiger partial charge < -0.3 is 5.32 Å². The third kappa shape index (κ3) is 3.07. The van der Waals surface area contributed by atoms with Gasteiger partial charge >= 0.3 is 0 Å². The summed E-state index contributed by atoms with van der Waals surface area (Å²) in [7, 11) is 0. The van der Waals surface area contributed by atoms with Gasteiger partial charge in [0.2, 0.25) is 0 Å². The Kier molecular flexibility index (Phi) is 4.54. The molecule has 1 saturated heterocycles. The Balaban J connectivity index is 1.77. The molecule has 0 unspecified atom stereocenters. The van der Waals surface area contributed by atoms with Gasteiger partial charge in [-0.05, 0) is 77.2 Å². The average Bonchev–Trinajstić information content (AvgIpc) is 2.62. The van der Waals surface area contributed by atoms with Gasteiger partial charge in [0.15, 0.2) is 0 Å². The summed E-state index contributed by atoms with van der Waals surface area (Å²) >= 11 is 6.47. The van der Waals surface area contributed by atoms with Crippen LogP contribution in [0.2, 0.25) is 5.02 Å². The van der Waals surface area contributed by atoms with Crippen LogP contribution in [0.4, 0.5) is 0 Å². The fourth-order valence-electron chi connectivity index (χ4n) is 4.35. The SMILES string of the molecule is C=C1C=C(c2ccccc2Cl)Cc2c1cccc2[C@H]1CCNC[C@H]1C. The molecule has 2 aromatic carbocycles. The molecule has 0 amide bonds. The molecule has 0 aromatic heterocycles. The van der Waals surface area contributed by atoms with Crippen LogP contribution in [0.25, 0.3) is 11.1 Å². The molecule has 1 nitrogen and oxygen atoms in total. The zero-order chi connectivity index (χ0) is 17.4. The molecule has 1 N–H and O–H groups in total. The molecule has 2 aliphatic rings. The molecular formula is C23H24ClN. The highest BCUT2D eigenvalue weighted by Gasteiger charge is 2.27. The number of fused-ring (bicyclic) bond motifs is 1. The van der Waals surface area contributed by atoms with Crippen LogP contribution in [0.15, 0.2) is 55.1 Å². The van der Waals surface area contributed by atoms with E-state index in [1.54, 1.807) is 0 Å². The number of hydrogen-bond donors (Lipinski definition) is 1. The molecule has 0 bridgehead atoms. The number of hydrogen-bond acceptors (Lipinski definition) is 1. The minimum absolute atomic E-state index is 0.620. The molecule has 0 saturated carbocycles. The highest BCUT2D eigenvalue weighted by molar-refractivity contribution is 6.32. The van der Waals surface area contributed by atoms with Gasteiger partial charge in [-0.25, -0.2) is 0 Å². The predicted octanol–water partition coefficient (Wildman–Crippen LogP) is 5.71. The summed E-state index contributed by atoms with van der Waals surface area (Å²) in [5.74, 6) is 1.28. The van der Waals surface area contributed by atoms with Crippen molar-refractivity contribution in [1.82, 2.24) is 5.32 Å². The maximum Gasteiger partial charge on any atom is 0.0481 e. The number of allylic oxidation sites excluding steroid dienone is 3. The van der Waals surface area contributed by atoms with Crippen LogP contribution in [0, 0.1) is 5.92 Å². The van der Waals surface area contributed by atoms with Crippen LogP contribution in [0.5, 0.6) is 0 Å². The van der Waals surface area contributed by atoms with Crippen molar-refractivity contribution < 1.29 is 0 Å². The van der Waals surface area contributed by atoms with Crippen LogP contribution in [0.1, 0.15) is 41.5 Å². The maximum absolute atomic E-state index is 6.47. The highest BCUT2D eigenvalue weighted by atomic mass is 35.5. The number of rotatable bonds is 2. The molecule has 2 heteroatoms. The smallest absolute Gasteiger partial charge is 0.0481 e. The lowest BCUT2D eigenvalue weighted by Gasteiger charge is -2.33. The van der Waals surface area contributed by atoms with Gasteiger partial charge in [-0.2, -0.15) is 0 Å². The zero-order valence-electron chi connectivity index (χ0n) is 14.7. The monoisotopic (exact) mass is 349 g/mol. The van der Waals surface area contributed by atoms with E-state index in [1.807, 2.05) is 12.1 Å². The summed E-state index contributed by atoms with van der Waals surface area (Å²) in [6.07, 6.45) is 4.35. The first-order valence-electron chi connectivity index (χ1n) is 9.12. The van der Waals surface area contributed by atoms with Crippen molar-refractivity contribution in [2.45, 2.75) is 25.7 Å². The van der Waals surface area contributed by atoms with Crippen molar-refractivity contribution in [3.05, 3.63) is 82.4 Å². The van der Waals surface area contributed by atoms with E-state index >= 15 is 0 Å². The number of piperidine rings is 1. The van der Waals surface area contributed by atoms with E-state index in [9.17, 15) is 0 Å². The average molecular weight is 350 g/mol. The Morgan fingerprint density at radius 3 is 2.68 bits per heavy atom. The second-order valence-electron chi connectivity index (χ2n) is 7.30. The molecule has 1 aliphatic heterocycles. The van der Waals surface area contributed by atoms with Crippen molar-refractivity contribution in [2.24, 2.45) is 5.92 Å². The summed E-state index contributed by atoms with van der Waals surface area (Å²) in [6, 6.07) is 14.9. The Morgan fingerprint density at radius 1 is 1.08 bits per heavy atom. The van der Waals surface area contributed by atoms with Crippen LogP contribution < -0.4 is 5.32 Å². The molecule has 2 atom stereocenters. The first kappa shape index (κ1) is 16.6. The summed E-state index contributed by atoms with van der Waals surface area (Å²) in [5.41, 5.74) is 7.76. The van der Waals surface area contributed by atoms with E-state index in [0.717, 1.165) is 35.7 Å². The topological polar surface area (TPSA) is 12.0 Å². The van der Waals surface area contributed by atoms with Gasteiger partial charge in [-0.1, -0.05) is 67.6 Å². The first-order chi connectivity index (χ1) is 12.1. The van der Waals surface area contributed by atoms with Crippen molar-refractivity contribution in [1.29, 1.82) is 0 Å². The Labute approximate surface area is 155 Å². The quantitative estimate of drug-likeness (QED) is 0.732. The molecule has 4 rings (SSSR count). The van der Waals surface area contributed by atoms with Gasteiger partial charge in [0.1, 0.15) is 0 Å². The summed E-state index contributed by atoms with van der Waals surface area (Å²) in [5, 5.41) is 4.34. The lowest BCUT2D eigenvalue weighted by molar-refractivity contribution is 0.348. The van der Waals surface area contributed by atoms with Gasteiger partial charge in [-0.15, -0.1) is 0 Å². The number of nitrogens with one attached hydrogen (secondary N) is 1. The van der Waals surface area contributed by atoms with E-state index in [2.05, 4.69) is 55.2 Å². The largest absolute Gasteiger partial charge is 0.316 e. The Hall–Kier alpha value is -1.83. The van der Waals surface area contributed by atoms with Crippen molar-refractivity contribution in [3.63, 3.8) is 0 Å². The summed E-state index contributed by atoms with van der Waals surface area (Å²) in [6.45, 7) is 8.90. The molecule has 2 aromatic rings. The van der Waals surface area contributed by atoms with Crippen molar-refractivity contribution >= 4 is 22.7 Å². The lowest BCUT2D eigenvalue weighted by atomic mass is 9.75. The highest BCUT2D eigenvalue weighted by Crippen LogP contribution is 2.41. The standard InChI is InChI=1S/C23H24ClN/c1-15-12-17(20-6-3-4-9-23(20)24)13-22-18(15)7-5-8-21(22)19-10-11-25-14-16(19)2/h3-9,12,16,19,25H,1,10-11,13-14H2,2H3/t16-,19+/m1/s1. The summed E-state index contributed by atoms with van der Waals surface area (Å²) in [4.78, 5) is 0. The van der Waals surface area contributed by atoms with Gasteiger partial charge in [0.25, 0.3) is 0 Å². The molecule has 1 aliphatic carbocycles. The summed E-state index contributed by atoms with van der Waals surface area (Å²) < 4.78 is 0. The van der Waals surface area contributed by atoms with E-state index in [-0.39, 0.29) is 0 Å². The molecule has 1 fully saturated rings. The molecule has 25 heavy (non-hydrogen) atoms. The molecule has 0 radical (unpaired) electrons. The fourth-order valence-corrected chi connectivity index (χ4v) is 4.61. The van der Waals surface area contributed by atoms with Crippen LogP contribution in [0.3, 0.4) is 0 Å². The first-order valence-corrected chi connectivity index (χ1v) is 9.50. The van der Waals surface area contributed by atoms with Crippen molar-refractivity contribution in [2.75, 3.05) is 13.1 Å². The van der Waals surface area contributed by atoms with Crippen molar-refractivity contribution in [3.8, 4) is 0 Å². The number of benzene rings is 2. The van der Waals surface area contributed by atoms with E-state index < -0.39 is 0 Å². The van der Waals surface area contributed by atoms with E-state index in [1.165, 1.54) is 28.7 Å². The second-order valence-corrected chi connectivity index (χ2v) is 7.71. The van der Waals surface area contributed by atoms with E-state index in [4.69, 9.17) is 11.6 Å². The maximum atomic E-state index is 6.47. The number of halogens is 1. The predicted molar refractivity (Wildman–Crippen MR) is 108 cm³/mol. The lowest BCUT2D eigenvalue weighted by Crippen LogP contribution is -2.34. The second kappa shape index (κ2) is 6.82. The van der Waals surface area contributed by atoms with Crippen LogP contribution in [-0.4, -0.2) is 13.1 Å². The molecule has 1 heterocycles. The third-order valence-electron chi connectivity index (χ3n) is 5.68. The van der Waals surface area contributed by atoms with Gasteiger partial charge in [0.05, 0.1) is 0 Å². The Bertz CT molecular complexity index is 849. The van der Waals surface area contributed by atoms with Crippen LogP contribution >= 0.6 is 11.6 Å². The molecule has 128 valence electrons. The zero-order valence-corrected chi connectivity index (χ0v) is 15.4. The van der Waals surface area contributed by atoms with Gasteiger partial charge in [0, 0.05) is 5.02 Å². The van der Waals surface area contributed by atoms with E-state index in [0.29, 0.717) is 11.8 Å². The van der Waals surface area contributed by atoms with Gasteiger partial charge in [-0.3, -0.25) is 0 Å². The Morgan fingerprint density at radius 2 is 1.88 bits per heavy atom. The molecular weight excluding hydrogens is 326 g/mol. The fraction of sp³-hybridized carbons (Fsp3) is 0.304. The normalized spacial score (nSPS) is 23.1. The minimum Gasteiger partial charge on any atom is -0.316 e. The molecule has 0 spiro atoms. The third-order valence-corrected chi connectivity index (χ3v) is 6.01. The van der Waals surface area contributed by atoms with Crippen LogP contribution in [-0.2, 0) is 6.42 Å². The minimum atomic E-state index is 0.620.